The van der Waals surface area contributed by atoms with Crippen molar-refractivity contribution < 1.29 is 0 Å². The quantitative estimate of drug-likeness (QED) is 0.493. The zero-order valence-corrected chi connectivity index (χ0v) is 4.73. The minimum Gasteiger partial charge on any atom is -0.301 e. The van der Waals surface area contributed by atoms with Crippen LogP contribution < -0.4 is 5.43 Å². The Bertz CT molecular complexity index is 193. The summed E-state index contributed by atoms with van der Waals surface area (Å²) < 4.78 is 0. The molecule has 9 heavy (non-hydrogen) atoms. The Balaban J connectivity index is 2.25. The topological polar surface area (TPSA) is 49.1 Å². The van der Waals surface area contributed by atoms with Gasteiger partial charge in [-0.05, 0) is 6.08 Å². The van der Waals surface area contributed by atoms with E-state index in [9.17, 15) is 0 Å². The van der Waals surface area contributed by atoms with Crippen molar-refractivity contribution in [3.63, 3.8) is 0 Å². The van der Waals surface area contributed by atoms with Crippen molar-refractivity contribution in [2.75, 3.05) is 0 Å². The number of rotatable bonds is 0. The second kappa shape index (κ2) is 1.65. The van der Waals surface area contributed by atoms with Gasteiger partial charge in [0.2, 0.25) is 0 Å². The van der Waals surface area contributed by atoms with Gasteiger partial charge >= 0.3 is 0 Å². The average molecular weight is 122 g/mol. The van der Waals surface area contributed by atoms with Gasteiger partial charge < -0.3 is 5.43 Å². The van der Waals surface area contributed by atoms with E-state index < -0.39 is 0 Å². The molecule has 0 aromatic rings. The number of hydrogen-bond donors (Lipinski definition) is 1. The highest BCUT2D eigenvalue weighted by Crippen LogP contribution is 2.09. The van der Waals surface area contributed by atoms with Crippen LogP contribution in [0, 0.1) is 0 Å². The Morgan fingerprint density at radius 2 is 2.44 bits per heavy atom. The van der Waals surface area contributed by atoms with Crippen LogP contribution in [-0.4, -0.2) is 18.3 Å². The molecule has 0 saturated heterocycles. The van der Waals surface area contributed by atoms with Crippen LogP contribution in [0.1, 0.15) is 0 Å². The Hall–Kier alpha value is -1.19. The number of nitrogens with one attached hydrogen (secondary N) is 1. The van der Waals surface area contributed by atoms with Crippen LogP contribution in [0.3, 0.4) is 0 Å². The molecule has 0 amide bonds. The Morgan fingerprint density at radius 3 is 3.33 bits per heavy atom. The van der Waals surface area contributed by atoms with Gasteiger partial charge in [-0.3, -0.25) is 0 Å². The van der Waals surface area contributed by atoms with E-state index in [0.717, 1.165) is 0 Å². The van der Waals surface area contributed by atoms with Crippen LogP contribution in [0.4, 0.5) is 0 Å². The lowest BCUT2D eigenvalue weighted by molar-refractivity contribution is 0.609. The van der Waals surface area contributed by atoms with E-state index >= 15 is 0 Å². The second-order valence-corrected chi connectivity index (χ2v) is 2.00. The first-order chi connectivity index (χ1) is 4.47. The van der Waals surface area contributed by atoms with Crippen LogP contribution in [-0.2, 0) is 0 Å². The van der Waals surface area contributed by atoms with E-state index in [1.807, 2.05) is 6.08 Å². The molecule has 4 heteroatoms. The van der Waals surface area contributed by atoms with Gasteiger partial charge in [0, 0.05) is 6.20 Å². The second-order valence-electron chi connectivity index (χ2n) is 2.00. The Labute approximate surface area is 52.4 Å². The van der Waals surface area contributed by atoms with Crippen molar-refractivity contribution in [2.45, 2.75) is 12.1 Å². The highest BCUT2D eigenvalue weighted by atomic mass is 15.4. The molecule has 0 bridgehead atoms. The van der Waals surface area contributed by atoms with E-state index in [4.69, 9.17) is 0 Å². The van der Waals surface area contributed by atoms with Crippen molar-refractivity contribution in [2.24, 2.45) is 15.3 Å². The standard InChI is InChI=1S/C5H6N4/c1-2-6-9-5-3-7-8-4(1)5/h1-5,8H. The molecule has 4 nitrogen and oxygen atoms in total. The molecule has 0 saturated carbocycles. The number of hydrogen-bond acceptors (Lipinski definition) is 4. The van der Waals surface area contributed by atoms with Gasteiger partial charge in [-0.25, -0.2) is 0 Å². The molecule has 0 radical (unpaired) electrons. The molecule has 0 aliphatic carbocycles. The molecule has 0 spiro atoms. The van der Waals surface area contributed by atoms with E-state index in [0.29, 0.717) is 0 Å². The van der Waals surface area contributed by atoms with Gasteiger partial charge in [-0.2, -0.15) is 15.3 Å². The van der Waals surface area contributed by atoms with Crippen LogP contribution >= 0.6 is 0 Å². The lowest BCUT2D eigenvalue weighted by atomic mass is 10.1. The van der Waals surface area contributed by atoms with E-state index in [1.165, 1.54) is 0 Å². The highest BCUT2D eigenvalue weighted by molar-refractivity contribution is 5.68. The molecule has 2 aliphatic rings. The summed E-state index contributed by atoms with van der Waals surface area (Å²) in [7, 11) is 0. The van der Waals surface area contributed by atoms with Crippen LogP contribution in [0.15, 0.2) is 27.6 Å². The van der Waals surface area contributed by atoms with Gasteiger partial charge in [-0.1, -0.05) is 0 Å². The van der Waals surface area contributed by atoms with Gasteiger partial charge in [0.25, 0.3) is 0 Å². The van der Waals surface area contributed by atoms with Gasteiger partial charge in [-0.15, -0.1) is 0 Å². The van der Waals surface area contributed by atoms with Crippen LogP contribution in [0.25, 0.3) is 0 Å². The molecule has 0 fully saturated rings. The predicted molar refractivity (Wildman–Crippen MR) is 33.2 cm³/mol. The molecule has 2 aliphatic heterocycles. The lowest BCUT2D eigenvalue weighted by Gasteiger charge is -2.09. The molecule has 0 aromatic heterocycles. The zero-order chi connectivity index (χ0) is 6.10. The molecule has 2 heterocycles. The van der Waals surface area contributed by atoms with Crippen molar-refractivity contribution in [3.05, 3.63) is 12.3 Å². The summed E-state index contributed by atoms with van der Waals surface area (Å²) >= 11 is 0. The molecular weight excluding hydrogens is 116 g/mol. The van der Waals surface area contributed by atoms with E-state index in [1.54, 1.807) is 12.4 Å². The fourth-order valence-electron chi connectivity index (χ4n) is 0.880. The third kappa shape index (κ3) is 0.630. The van der Waals surface area contributed by atoms with Crippen molar-refractivity contribution in [1.29, 1.82) is 0 Å². The Kier molecular flexibility index (Phi) is 0.855. The van der Waals surface area contributed by atoms with Crippen molar-refractivity contribution in [1.82, 2.24) is 5.43 Å². The minimum absolute atomic E-state index is 0.134. The highest BCUT2D eigenvalue weighted by Gasteiger charge is 2.22. The number of nitrogens with zero attached hydrogens (tertiary/aromatic N) is 3. The van der Waals surface area contributed by atoms with Gasteiger partial charge in [0.05, 0.1) is 12.3 Å². The maximum Gasteiger partial charge on any atom is 0.133 e. The summed E-state index contributed by atoms with van der Waals surface area (Å²) in [5.74, 6) is 0. The van der Waals surface area contributed by atoms with Crippen LogP contribution in [0.2, 0.25) is 0 Å². The van der Waals surface area contributed by atoms with Crippen molar-refractivity contribution in [3.8, 4) is 0 Å². The lowest BCUT2D eigenvalue weighted by Crippen LogP contribution is -2.28. The monoisotopic (exact) mass is 122 g/mol. The summed E-state index contributed by atoms with van der Waals surface area (Å²) in [6, 6.07) is 0.387. The largest absolute Gasteiger partial charge is 0.301 e. The van der Waals surface area contributed by atoms with Crippen molar-refractivity contribution >= 4 is 6.21 Å². The number of azo groups is 1. The fourth-order valence-corrected chi connectivity index (χ4v) is 0.880. The molecule has 2 atom stereocenters. The van der Waals surface area contributed by atoms with Crippen LogP contribution in [0.5, 0.6) is 0 Å². The minimum atomic E-state index is 0.134. The molecule has 2 unspecified atom stereocenters. The summed E-state index contributed by atoms with van der Waals surface area (Å²) in [5.41, 5.74) is 2.89. The molecular formula is C5H6N4. The van der Waals surface area contributed by atoms with E-state index in [2.05, 4.69) is 20.8 Å². The summed E-state index contributed by atoms with van der Waals surface area (Å²) in [6.07, 6.45) is 5.39. The smallest absolute Gasteiger partial charge is 0.133 e. The third-order valence-corrected chi connectivity index (χ3v) is 1.38. The summed E-state index contributed by atoms with van der Waals surface area (Å²) in [4.78, 5) is 0. The third-order valence-electron chi connectivity index (χ3n) is 1.38. The Morgan fingerprint density at radius 1 is 1.44 bits per heavy atom. The molecule has 1 N–H and O–H groups in total. The number of hydrazone groups is 1. The first kappa shape index (κ1) is 4.67. The SMILES string of the molecule is C1=CC2NN=CC2N=N1. The maximum atomic E-state index is 3.92. The predicted octanol–water partition coefficient (Wildman–Crippen LogP) is 0.292. The summed E-state index contributed by atoms with van der Waals surface area (Å²) in [6.45, 7) is 0. The maximum absolute atomic E-state index is 3.92. The summed E-state index contributed by atoms with van der Waals surface area (Å²) in [5, 5.41) is 11.5. The van der Waals surface area contributed by atoms with Gasteiger partial charge in [0.15, 0.2) is 0 Å². The molecule has 46 valence electrons. The first-order valence-corrected chi connectivity index (χ1v) is 2.82. The first-order valence-electron chi connectivity index (χ1n) is 2.82. The van der Waals surface area contributed by atoms with Gasteiger partial charge in [0.1, 0.15) is 6.04 Å². The zero-order valence-electron chi connectivity index (χ0n) is 4.73. The van der Waals surface area contributed by atoms with E-state index in [-0.39, 0.29) is 12.1 Å². The molecule has 2 rings (SSSR count). The average Bonchev–Trinajstić information content (AvgIpc) is 2.33. The number of fused-ring (bicyclic) bond motifs is 1. The molecule has 0 aromatic carbocycles. The fraction of sp³-hybridized carbons (Fsp3) is 0.400. The normalized spacial score (nSPS) is 36.4.